The van der Waals surface area contributed by atoms with Crippen LogP contribution in [0.15, 0.2) is 0 Å². The summed E-state index contributed by atoms with van der Waals surface area (Å²) in [6.45, 7) is 0. The number of rotatable bonds is 0. The Morgan fingerprint density at radius 3 is 1.29 bits per heavy atom. The quantitative estimate of drug-likeness (QED) is 0.238. The molecule has 0 aliphatic heterocycles. The number of hydrogen-bond donors (Lipinski definition) is 1. The fourth-order valence-electron chi connectivity index (χ4n) is 0. The Morgan fingerprint density at radius 1 is 1.29 bits per heavy atom. The summed E-state index contributed by atoms with van der Waals surface area (Å²) in [5.41, 5.74) is 0. The van der Waals surface area contributed by atoms with Crippen molar-refractivity contribution in [3.63, 3.8) is 0 Å². The van der Waals surface area contributed by atoms with E-state index in [0.29, 0.717) is 0 Å². The third-order valence-electron chi connectivity index (χ3n) is 0. The molecule has 0 aromatic heterocycles. The van der Waals surface area contributed by atoms with Crippen LogP contribution < -0.4 is 0 Å². The van der Waals surface area contributed by atoms with Gasteiger partial charge in [0, 0.05) is 0 Å². The van der Waals surface area contributed by atoms with Crippen LogP contribution >= 0.6 is 12.6 Å². The summed E-state index contributed by atoms with van der Waals surface area (Å²) in [5.74, 6) is 0. The molecular weight excluding hydrogens is 146 g/mol. The van der Waals surface area contributed by atoms with Crippen LogP contribution in [-0.2, 0) is 0 Å². The molecule has 0 fully saturated rings. The largest absolute Gasteiger partial charge is 2.00 e. The van der Waals surface area contributed by atoms with Gasteiger partial charge < -0.3 is 19.3 Å². The van der Waals surface area contributed by atoms with Crippen LogP contribution in [0.3, 0.4) is 0 Å². The van der Waals surface area contributed by atoms with Crippen LogP contribution in [0.25, 0.3) is 0 Å². The van der Waals surface area contributed by atoms with Gasteiger partial charge in [0.15, 0.2) is 0 Å². The van der Waals surface area contributed by atoms with Crippen molar-refractivity contribution < 1.29 is 19.3 Å². The molecule has 0 saturated heterocycles. The van der Waals surface area contributed by atoms with Gasteiger partial charge in [0.05, 0.1) is 0 Å². The van der Waals surface area contributed by atoms with E-state index in [1.165, 1.54) is 5.40 Å². The Bertz CT molecular complexity index is 43.3. The van der Waals surface area contributed by atoms with Crippen molar-refractivity contribution in [1.29, 1.82) is 5.26 Å². The summed E-state index contributed by atoms with van der Waals surface area (Å²) in [6, 6.07) is 0. The van der Waals surface area contributed by atoms with Crippen molar-refractivity contribution in [2.75, 3.05) is 0 Å². The molecular formula is CH9CaNO3S. The third-order valence-corrected chi connectivity index (χ3v) is 0. The van der Waals surface area contributed by atoms with Gasteiger partial charge in [0.1, 0.15) is 5.40 Å². The zero-order valence-corrected chi connectivity index (χ0v) is 6.70. The molecule has 0 aromatic rings. The fourth-order valence-corrected chi connectivity index (χ4v) is 0. The normalized spacial score (nSPS) is 1.14. The van der Waals surface area contributed by atoms with Crippen LogP contribution in [0.5, 0.6) is 0 Å². The SMILES string of the molecule is N#CS.O.O.O.[Ca+2].[H-].[H-]. The number of thiol groups is 1. The molecule has 6 N–H and O–H groups in total. The Labute approximate surface area is 79.8 Å². The van der Waals surface area contributed by atoms with E-state index in [9.17, 15) is 0 Å². The average molecular weight is 155 g/mol. The van der Waals surface area contributed by atoms with E-state index in [2.05, 4.69) is 12.6 Å². The number of nitrogens with zero attached hydrogens (tertiary/aromatic N) is 1. The van der Waals surface area contributed by atoms with E-state index in [0.717, 1.165) is 0 Å². The standard InChI is InChI=1S/CHNS.Ca.3H2O.2H/c2-1-3;;;;;;/h3H;;3*1H2;;/q;+2;;;;2*-1. The van der Waals surface area contributed by atoms with E-state index in [-0.39, 0.29) is 57.0 Å². The van der Waals surface area contributed by atoms with Crippen LogP contribution in [0.1, 0.15) is 2.85 Å². The van der Waals surface area contributed by atoms with Gasteiger partial charge in [-0.1, -0.05) is 12.6 Å². The molecule has 0 atom stereocenters. The zero-order chi connectivity index (χ0) is 2.71. The molecule has 0 heterocycles. The first-order chi connectivity index (χ1) is 1.41. The molecule has 44 valence electrons. The predicted octanol–water partition coefficient (Wildman–Crippen LogP) is -2.23. The molecule has 0 aliphatic carbocycles. The van der Waals surface area contributed by atoms with Crippen molar-refractivity contribution in [1.82, 2.24) is 0 Å². The fraction of sp³-hybridized carbons (Fsp3) is 0. The first-order valence-corrected chi connectivity index (χ1v) is 0.894. The van der Waals surface area contributed by atoms with Crippen LogP contribution in [-0.4, -0.2) is 54.2 Å². The van der Waals surface area contributed by atoms with Gasteiger partial charge in [-0.3, -0.25) is 0 Å². The summed E-state index contributed by atoms with van der Waals surface area (Å²) in [4.78, 5) is 0. The molecule has 0 rings (SSSR count). The van der Waals surface area contributed by atoms with Gasteiger partial charge in [-0.25, -0.2) is 0 Å². The third kappa shape index (κ3) is 180. The van der Waals surface area contributed by atoms with E-state index in [1.807, 2.05) is 0 Å². The maximum atomic E-state index is 7.18. The van der Waals surface area contributed by atoms with Crippen molar-refractivity contribution in [3.8, 4) is 5.40 Å². The molecule has 0 amide bonds. The van der Waals surface area contributed by atoms with E-state index in [1.54, 1.807) is 0 Å². The van der Waals surface area contributed by atoms with Gasteiger partial charge in [0.25, 0.3) is 0 Å². The van der Waals surface area contributed by atoms with Crippen LogP contribution in [0.2, 0.25) is 0 Å². The molecule has 0 bridgehead atoms. The Hall–Kier alpha value is 0.980. The van der Waals surface area contributed by atoms with Crippen molar-refractivity contribution in [3.05, 3.63) is 0 Å². The predicted molar refractivity (Wildman–Crippen MR) is 33.4 cm³/mol. The summed E-state index contributed by atoms with van der Waals surface area (Å²) >= 11 is 3.09. The second-order valence-corrected chi connectivity index (χ2v) is 0.300. The van der Waals surface area contributed by atoms with Crippen molar-refractivity contribution in [2.24, 2.45) is 0 Å². The molecule has 0 saturated carbocycles. The summed E-state index contributed by atoms with van der Waals surface area (Å²) in [7, 11) is 0. The maximum absolute atomic E-state index is 7.18. The molecule has 0 unspecified atom stereocenters. The van der Waals surface area contributed by atoms with Crippen molar-refractivity contribution >= 4 is 50.4 Å². The van der Waals surface area contributed by atoms with Crippen LogP contribution in [0.4, 0.5) is 0 Å². The first kappa shape index (κ1) is 43.8. The maximum Gasteiger partial charge on any atom is 2.00 e. The molecule has 7 heavy (non-hydrogen) atoms. The van der Waals surface area contributed by atoms with Gasteiger partial charge >= 0.3 is 37.7 Å². The number of thiocyanates is 1. The van der Waals surface area contributed by atoms with Crippen molar-refractivity contribution in [2.45, 2.75) is 0 Å². The van der Waals surface area contributed by atoms with Gasteiger partial charge in [0.2, 0.25) is 0 Å². The zero-order valence-electron chi connectivity index (χ0n) is 5.60. The molecule has 6 heteroatoms. The molecule has 0 aliphatic rings. The Kier molecular flexibility index (Phi) is 398. The second kappa shape index (κ2) is 63.7. The van der Waals surface area contributed by atoms with E-state index >= 15 is 0 Å². The van der Waals surface area contributed by atoms with Gasteiger partial charge in [-0.15, -0.1) is 0 Å². The number of nitriles is 1. The Balaban J connectivity index is -0.00000000133. The smallest absolute Gasteiger partial charge is 1.00 e. The monoisotopic (exact) mass is 155 g/mol. The van der Waals surface area contributed by atoms with Crippen LogP contribution in [0, 0.1) is 10.7 Å². The Morgan fingerprint density at radius 2 is 1.29 bits per heavy atom. The minimum Gasteiger partial charge on any atom is -1.00 e. The van der Waals surface area contributed by atoms with Gasteiger partial charge in [-0.2, -0.15) is 5.26 Å². The molecule has 4 nitrogen and oxygen atoms in total. The van der Waals surface area contributed by atoms with E-state index < -0.39 is 0 Å². The second-order valence-electron chi connectivity index (χ2n) is 0.100. The minimum absolute atomic E-state index is 0. The summed E-state index contributed by atoms with van der Waals surface area (Å²) in [6.07, 6.45) is 0. The topological polar surface area (TPSA) is 118 Å². The summed E-state index contributed by atoms with van der Waals surface area (Å²) < 4.78 is 0. The molecule has 0 radical (unpaired) electrons. The number of hydrogen-bond acceptors (Lipinski definition) is 2. The average Bonchev–Trinajstić information content (AvgIpc) is 0.918. The van der Waals surface area contributed by atoms with Gasteiger partial charge in [-0.05, 0) is 0 Å². The summed E-state index contributed by atoms with van der Waals surface area (Å²) in [5, 5.41) is 8.63. The van der Waals surface area contributed by atoms with E-state index in [4.69, 9.17) is 5.26 Å². The minimum atomic E-state index is 0. The first-order valence-electron chi connectivity index (χ1n) is 0.447. The molecule has 0 spiro atoms. The molecule has 0 aromatic carbocycles.